The van der Waals surface area contributed by atoms with Crippen LogP contribution >= 0.6 is 0 Å². The Morgan fingerprint density at radius 3 is 2.36 bits per heavy atom. The zero-order chi connectivity index (χ0) is 18.4. The number of rotatable bonds is 7. The monoisotopic (exact) mass is 344 g/mol. The molecule has 1 aliphatic rings. The molecule has 1 aromatic carbocycles. The van der Waals surface area contributed by atoms with Gasteiger partial charge in [0, 0.05) is 11.3 Å². The number of benzene rings is 1. The third-order valence-electron chi connectivity index (χ3n) is 4.51. The van der Waals surface area contributed by atoms with E-state index in [2.05, 4.69) is 10.3 Å². The Morgan fingerprint density at radius 2 is 1.76 bits per heavy atom. The Morgan fingerprint density at radius 1 is 1.12 bits per heavy atom. The lowest BCUT2D eigenvalue weighted by molar-refractivity contribution is -1.10. The molecule has 1 aromatic rings. The molecule has 0 radical (unpaired) electrons. The van der Waals surface area contributed by atoms with Crippen molar-refractivity contribution in [2.45, 2.75) is 20.8 Å². The maximum Gasteiger partial charge on any atom is 0.185 e. The number of aliphatic hydroxyl groups excluding tert-OH is 1. The molecule has 0 spiro atoms. The number of nitrogens with zero attached hydrogens (tertiary/aromatic N) is 2. The van der Waals surface area contributed by atoms with E-state index in [0.717, 1.165) is 5.69 Å². The van der Waals surface area contributed by atoms with Gasteiger partial charge in [0.1, 0.15) is 31.1 Å². The Balaban J connectivity index is 2.00. The van der Waals surface area contributed by atoms with Gasteiger partial charge < -0.3 is 10.4 Å². The molecule has 0 saturated carbocycles. The number of hydrogen-bond acceptors (Lipinski definition) is 5. The van der Waals surface area contributed by atoms with Crippen LogP contribution in [0.5, 0.6) is 0 Å². The lowest BCUT2D eigenvalue weighted by Gasteiger charge is -2.27. The van der Waals surface area contributed by atoms with Crippen molar-refractivity contribution < 1.29 is 19.8 Å². The second kappa shape index (κ2) is 8.09. The first-order valence-corrected chi connectivity index (χ1v) is 8.52. The number of aliphatic hydroxyl groups is 1. The van der Waals surface area contributed by atoms with E-state index in [4.69, 9.17) is 0 Å². The number of allylic oxidation sites excluding steroid dienone is 3. The van der Waals surface area contributed by atoms with Crippen molar-refractivity contribution in [3.05, 3.63) is 47.7 Å². The van der Waals surface area contributed by atoms with Crippen molar-refractivity contribution in [2.75, 3.05) is 31.5 Å². The van der Waals surface area contributed by atoms with Crippen LogP contribution in [0.3, 0.4) is 0 Å². The highest BCUT2D eigenvalue weighted by Gasteiger charge is 2.19. The predicted octanol–water partition coefficient (Wildman–Crippen LogP) is 3.39. The molecule has 0 heterocycles. The van der Waals surface area contributed by atoms with E-state index in [1.54, 1.807) is 6.92 Å². The predicted molar refractivity (Wildman–Crippen MR) is 99.5 cm³/mol. The molecule has 0 aliphatic heterocycles. The van der Waals surface area contributed by atoms with E-state index in [0.29, 0.717) is 43.2 Å². The van der Waals surface area contributed by atoms with Crippen LogP contribution < -0.4 is 5.32 Å². The van der Waals surface area contributed by atoms with E-state index in [1.165, 1.54) is 12.2 Å². The maximum atomic E-state index is 11.5. The van der Waals surface area contributed by atoms with E-state index in [-0.39, 0.29) is 16.2 Å². The summed E-state index contributed by atoms with van der Waals surface area (Å²) in [5.41, 5.74) is 2.31. The van der Waals surface area contributed by atoms with Crippen molar-refractivity contribution in [3.63, 3.8) is 0 Å². The quantitative estimate of drug-likeness (QED) is 0.402. The van der Waals surface area contributed by atoms with Gasteiger partial charge in [0.2, 0.25) is 0 Å². The molecule has 6 heteroatoms. The molecule has 6 nitrogen and oxygen atoms in total. The minimum atomic E-state index is -0.200. The number of nitrogens with one attached hydrogen (secondary N) is 1. The van der Waals surface area contributed by atoms with Crippen molar-refractivity contribution in [2.24, 2.45) is 4.99 Å². The van der Waals surface area contributed by atoms with E-state index in [9.17, 15) is 15.1 Å². The topological polar surface area (TPSA) is 81.9 Å². The summed E-state index contributed by atoms with van der Waals surface area (Å²) in [6.07, 6.45) is 2.93. The highest BCUT2D eigenvalue weighted by atomic mass is 16.5. The molecule has 134 valence electrons. The number of carbonyl (C=O) groups is 1. The highest BCUT2D eigenvalue weighted by Crippen LogP contribution is 2.20. The van der Waals surface area contributed by atoms with Crippen molar-refractivity contribution in [3.8, 4) is 0 Å². The summed E-state index contributed by atoms with van der Waals surface area (Å²) in [6.45, 7) is 8.18. The van der Waals surface area contributed by atoms with E-state index >= 15 is 0 Å². The molecule has 0 amide bonds. The fraction of sp³-hybridized carbons (Fsp3) is 0.368. The van der Waals surface area contributed by atoms with E-state index < -0.39 is 0 Å². The van der Waals surface area contributed by atoms with Gasteiger partial charge >= 0.3 is 0 Å². The summed E-state index contributed by atoms with van der Waals surface area (Å²) in [4.78, 5) is 15.8. The van der Waals surface area contributed by atoms with Crippen LogP contribution in [0.1, 0.15) is 20.8 Å². The van der Waals surface area contributed by atoms with Crippen LogP contribution in [-0.4, -0.2) is 52.6 Å². The summed E-state index contributed by atoms with van der Waals surface area (Å²) in [5.74, 6) is -0.278. The number of anilines is 1. The first-order chi connectivity index (χ1) is 11.9. The van der Waals surface area contributed by atoms with Crippen LogP contribution in [0.4, 0.5) is 11.4 Å². The number of aliphatic imine (C=N–C) groups is 1. The summed E-state index contributed by atoms with van der Waals surface area (Å²) in [7, 11) is 0. The Kier molecular flexibility index (Phi) is 6.12. The first kappa shape index (κ1) is 18.9. The number of hydroxylamine groups is 3. The number of quaternary nitrogens is 1. The molecule has 0 bridgehead atoms. The zero-order valence-corrected chi connectivity index (χ0v) is 15.0. The Bertz CT molecular complexity index is 714. The SMILES string of the molecule is CC[N+](O)(CC)CCNc1ccc(N=C2C=CC(=O)C(C)=C2O)cc1. The number of hydrogen-bond donors (Lipinski definition) is 3. The number of carbonyl (C=O) groups excluding carboxylic acids is 1. The lowest BCUT2D eigenvalue weighted by atomic mass is 10.0. The van der Waals surface area contributed by atoms with Gasteiger partial charge in [0.15, 0.2) is 5.78 Å². The fourth-order valence-electron chi connectivity index (χ4n) is 2.50. The molecule has 0 fully saturated rings. The van der Waals surface area contributed by atoms with Crippen LogP contribution in [0.25, 0.3) is 0 Å². The molecular weight excluding hydrogens is 318 g/mol. The lowest BCUT2D eigenvalue weighted by Crippen LogP contribution is -2.47. The molecule has 25 heavy (non-hydrogen) atoms. The largest absolute Gasteiger partial charge is 0.505 e. The molecule has 0 saturated heterocycles. The Hall–Kier alpha value is -2.44. The molecule has 0 unspecified atom stereocenters. The average Bonchev–Trinajstić information content (AvgIpc) is 2.63. The van der Waals surface area contributed by atoms with Gasteiger partial charge in [-0.1, -0.05) is 0 Å². The molecule has 3 N–H and O–H groups in total. The Labute approximate surface area is 148 Å². The van der Waals surface area contributed by atoms with E-state index in [1.807, 2.05) is 38.1 Å². The summed E-state index contributed by atoms with van der Waals surface area (Å²) >= 11 is 0. The second-order valence-corrected chi connectivity index (χ2v) is 6.09. The van der Waals surface area contributed by atoms with Crippen LogP contribution in [0.2, 0.25) is 0 Å². The second-order valence-electron chi connectivity index (χ2n) is 6.09. The van der Waals surface area contributed by atoms with Gasteiger partial charge in [-0.15, -0.1) is 0 Å². The maximum absolute atomic E-state index is 11.5. The smallest absolute Gasteiger partial charge is 0.185 e. The standard InChI is InChI=1S/C19H25N3O3/c1-4-22(25,5-2)13-12-20-15-6-8-16(9-7-15)21-17-10-11-18(23)14(3)19(17)24/h6-11,25H,4-5,12-13H2,1-3H3,(H-,20,23,24)/p+1. The van der Waals surface area contributed by atoms with Gasteiger partial charge in [-0.3, -0.25) is 4.79 Å². The zero-order valence-electron chi connectivity index (χ0n) is 15.0. The van der Waals surface area contributed by atoms with Crippen LogP contribution in [0.15, 0.2) is 52.7 Å². The van der Waals surface area contributed by atoms with Gasteiger partial charge in [0.05, 0.1) is 12.2 Å². The average molecular weight is 344 g/mol. The summed E-state index contributed by atoms with van der Waals surface area (Å²) in [5, 5.41) is 23.5. The number of ketones is 1. The van der Waals surface area contributed by atoms with Crippen molar-refractivity contribution >= 4 is 22.9 Å². The van der Waals surface area contributed by atoms with Gasteiger partial charge in [-0.05, 0) is 57.2 Å². The third kappa shape index (κ3) is 4.78. The third-order valence-corrected chi connectivity index (χ3v) is 4.51. The minimum absolute atomic E-state index is 0.0504. The van der Waals surface area contributed by atoms with Crippen LogP contribution in [-0.2, 0) is 4.79 Å². The van der Waals surface area contributed by atoms with Crippen LogP contribution in [0, 0.1) is 0 Å². The van der Waals surface area contributed by atoms with Gasteiger partial charge in [0.25, 0.3) is 0 Å². The molecule has 0 aromatic heterocycles. The molecular formula is C19H26N3O3+. The first-order valence-electron chi connectivity index (χ1n) is 8.52. The van der Waals surface area contributed by atoms with Gasteiger partial charge in [-0.2, -0.15) is 4.65 Å². The molecule has 2 rings (SSSR count). The van der Waals surface area contributed by atoms with Crippen molar-refractivity contribution in [1.82, 2.24) is 0 Å². The minimum Gasteiger partial charge on any atom is -0.505 e. The van der Waals surface area contributed by atoms with Gasteiger partial charge in [-0.25, -0.2) is 10.2 Å². The molecule has 0 atom stereocenters. The highest BCUT2D eigenvalue weighted by molar-refractivity contribution is 6.21. The molecule has 1 aliphatic carbocycles. The summed E-state index contributed by atoms with van der Waals surface area (Å²) < 4.78 is 0.0504. The fourth-order valence-corrected chi connectivity index (χ4v) is 2.50. The normalized spacial score (nSPS) is 16.6. The van der Waals surface area contributed by atoms with Crippen molar-refractivity contribution in [1.29, 1.82) is 0 Å². The number of likely N-dealkylation sites (N-methyl/N-ethyl adjacent to an activating group) is 1. The summed E-state index contributed by atoms with van der Waals surface area (Å²) in [6, 6.07) is 7.47.